The number of rotatable bonds is 5. The standard InChI is InChI=1S/C21H18ClN3O2S/c1-15-5-4-10-25-13-20(23-21(15)25)17-7-3-9-19(12-17)24-28(26,27)14-16-6-2-8-18(22)11-16/h2-13,24H,14H2,1H3. The van der Waals surface area contributed by atoms with Gasteiger partial charge in [-0.3, -0.25) is 4.72 Å². The summed E-state index contributed by atoms with van der Waals surface area (Å²) >= 11 is 5.94. The molecule has 0 amide bonds. The molecule has 0 atom stereocenters. The molecule has 0 saturated heterocycles. The van der Waals surface area contributed by atoms with E-state index in [1.165, 1.54) is 0 Å². The van der Waals surface area contributed by atoms with Gasteiger partial charge in [-0.1, -0.05) is 41.9 Å². The van der Waals surface area contributed by atoms with Crippen LogP contribution in [-0.2, 0) is 15.8 Å². The van der Waals surface area contributed by atoms with Crippen LogP contribution in [0.1, 0.15) is 11.1 Å². The number of fused-ring (bicyclic) bond motifs is 1. The van der Waals surface area contributed by atoms with E-state index in [0.717, 1.165) is 22.5 Å². The molecular weight excluding hydrogens is 394 g/mol. The molecule has 28 heavy (non-hydrogen) atoms. The number of nitrogens with one attached hydrogen (secondary N) is 1. The van der Waals surface area contributed by atoms with E-state index >= 15 is 0 Å². The third kappa shape index (κ3) is 4.03. The topological polar surface area (TPSA) is 63.5 Å². The van der Waals surface area contributed by atoms with Crippen molar-refractivity contribution in [3.05, 3.63) is 89.2 Å². The maximum Gasteiger partial charge on any atom is 0.236 e. The van der Waals surface area contributed by atoms with E-state index in [2.05, 4.69) is 9.71 Å². The molecule has 4 aromatic rings. The van der Waals surface area contributed by atoms with Crippen molar-refractivity contribution in [3.8, 4) is 11.3 Å². The van der Waals surface area contributed by atoms with Crippen molar-refractivity contribution in [2.45, 2.75) is 12.7 Å². The Morgan fingerprint density at radius 2 is 1.89 bits per heavy atom. The van der Waals surface area contributed by atoms with Gasteiger partial charge in [-0.2, -0.15) is 0 Å². The first-order valence-corrected chi connectivity index (χ1v) is 10.7. The molecule has 1 N–H and O–H groups in total. The first-order valence-electron chi connectivity index (χ1n) is 8.69. The predicted octanol–water partition coefficient (Wildman–Crippen LogP) is 4.91. The van der Waals surface area contributed by atoms with Gasteiger partial charge in [0.1, 0.15) is 5.65 Å². The van der Waals surface area contributed by atoms with E-state index in [9.17, 15) is 8.42 Å². The number of benzene rings is 2. The number of aromatic nitrogens is 2. The van der Waals surface area contributed by atoms with Crippen molar-refractivity contribution >= 4 is 33.0 Å². The molecule has 4 rings (SSSR count). The lowest BCUT2D eigenvalue weighted by molar-refractivity contribution is 0.600. The number of sulfonamides is 1. The highest BCUT2D eigenvalue weighted by Gasteiger charge is 2.13. The van der Waals surface area contributed by atoms with Crippen LogP contribution in [0.4, 0.5) is 5.69 Å². The van der Waals surface area contributed by atoms with Crippen molar-refractivity contribution in [2.24, 2.45) is 0 Å². The van der Waals surface area contributed by atoms with Gasteiger partial charge >= 0.3 is 0 Å². The molecule has 0 unspecified atom stereocenters. The van der Waals surface area contributed by atoms with Crippen LogP contribution in [0.2, 0.25) is 5.02 Å². The molecule has 0 spiro atoms. The largest absolute Gasteiger partial charge is 0.306 e. The molecule has 0 aliphatic rings. The third-order valence-corrected chi connectivity index (χ3v) is 5.85. The fraction of sp³-hybridized carbons (Fsp3) is 0.0952. The average Bonchev–Trinajstić information content (AvgIpc) is 3.07. The maximum absolute atomic E-state index is 12.5. The van der Waals surface area contributed by atoms with Gasteiger partial charge < -0.3 is 4.40 Å². The van der Waals surface area contributed by atoms with Crippen molar-refractivity contribution in [1.29, 1.82) is 0 Å². The van der Waals surface area contributed by atoms with Crippen LogP contribution in [0.5, 0.6) is 0 Å². The molecule has 5 nitrogen and oxygen atoms in total. The van der Waals surface area contributed by atoms with Crippen LogP contribution >= 0.6 is 11.6 Å². The summed E-state index contributed by atoms with van der Waals surface area (Å²) in [7, 11) is -3.57. The van der Waals surface area contributed by atoms with E-state index in [4.69, 9.17) is 11.6 Å². The van der Waals surface area contributed by atoms with E-state index in [0.29, 0.717) is 16.3 Å². The van der Waals surface area contributed by atoms with Crippen LogP contribution in [0, 0.1) is 6.92 Å². The molecule has 2 heterocycles. The van der Waals surface area contributed by atoms with Crippen LogP contribution in [0.15, 0.2) is 73.1 Å². The summed E-state index contributed by atoms with van der Waals surface area (Å²) in [4.78, 5) is 4.67. The smallest absolute Gasteiger partial charge is 0.236 e. The molecule has 2 aromatic heterocycles. The molecular formula is C21H18ClN3O2S. The number of hydrogen-bond acceptors (Lipinski definition) is 3. The summed E-state index contributed by atoms with van der Waals surface area (Å²) < 4.78 is 29.7. The summed E-state index contributed by atoms with van der Waals surface area (Å²) in [6, 6.07) is 18.0. The minimum absolute atomic E-state index is 0.147. The lowest BCUT2D eigenvalue weighted by atomic mass is 10.1. The summed E-state index contributed by atoms with van der Waals surface area (Å²) in [5.41, 5.74) is 4.70. The van der Waals surface area contributed by atoms with Gasteiger partial charge in [-0.05, 0) is 48.4 Å². The quantitative estimate of drug-likeness (QED) is 0.507. The highest BCUT2D eigenvalue weighted by molar-refractivity contribution is 7.91. The molecule has 0 bridgehead atoms. The molecule has 0 aliphatic heterocycles. The summed E-state index contributed by atoms with van der Waals surface area (Å²) in [5, 5.41) is 0.511. The number of hydrogen-bond donors (Lipinski definition) is 1. The van der Waals surface area contributed by atoms with Gasteiger partial charge in [0.2, 0.25) is 10.0 Å². The van der Waals surface area contributed by atoms with E-state index < -0.39 is 10.0 Å². The first-order chi connectivity index (χ1) is 13.4. The maximum atomic E-state index is 12.5. The van der Waals surface area contributed by atoms with Crippen LogP contribution in [0.25, 0.3) is 16.9 Å². The van der Waals surface area contributed by atoms with Crippen LogP contribution < -0.4 is 4.72 Å². The zero-order valence-corrected chi connectivity index (χ0v) is 16.7. The van der Waals surface area contributed by atoms with Crippen molar-refractivity contribution < 1.29 is 8.42 Å². The lowest BCUT2D eigenvalue weighted by Crippen LogP contribution is -2.15. The van der Waals surface area contributed by atoms with Gasteiger partial charge in [-0.25, -0.2) is 13.4 Å². The Bertz CT molecular complexity index is 1270. The number of imidazole rings is 1. The zero-order valence-electron chi connectivity index (χ0n) is 15.1. The van der Waals surface area contributed by atoms with E-state index in [1.807, 2.05) is 48.0 Å². The molecule has 0 saturated carbocycles. The Kier molecular flexibility index (Phi) is 4.83. The summed E-state index contributed by atoms with van der Waals surface area (Å²) in [6.45, 7) is 2.01. The van der Waals surface area contributed by atoms with Gasteiger partial charge in [-0.15, -0.1) is 0 Å². The minimum Gasteiger partial charge on any atom is -0.306 e. The molecule has 142 valence electrons. The number of halogens is 1. The average molecular weight is 412 g/mol. The highest BCUT2D eigenvalue weighted by atomic mass is 35.5. The number of aryl methyl sites for hydroxylation is 1. The fourth-order valence-corrected chi connectivity index (χ4v) is 4.49. The molecule has 0 fully saturated rings. The normalized spacial score (nSPS) is 11.6. The van der Waals surface area contributed by atoms with E-state index in [1.54, 1.807) is 36.4 Å². The molecule has 7 heteroatoms. The van der Waals surface area contributed by atoms with Crippen molar-refractivity contribution in [3.63, 3.8) is 0 Å². The zero-order chi connectivity index (χ0) is 19.7. The second-order valence-corrected chi connectivity index (χ2v) is 8.78. The Morgan fingerprint density at radius 1 is 1.07 bits per heavy atom. The fourth-order valence-electron chi connectivity index (χ4n) is 3.10. The second kappa shape index (κ2) is 7.30. The first kappa shape index (κ1) is 18.5. The SMILES string of the molecule is Cc1cccn2cc(-c3cccc(NS(=O)(=O)Cc4cccc(Cl)c4)c3)nc12. The monoisotopic (exact) mass is 411 g/mol. The minimum atomic E-state index is -3.57. The Hall–Kier alpha value is -2.83. The van der Waals surface area contributed by atoms with Gasteiger partial charge in [0, 0.05) is 28.7 Å². The molecule has 0 radical (unpaired) electrons. The molecule has 2 aromatic carbocycles. The summed E-state index contributed by atoms with van der Waals surface area (Å²) in [5.74, 6) is -0.147. The lowest BCUT2D eigenvalue weighted by Gasteiger charge is -2.09. The van der Waals surface area contributed by atoms with Crippen LogP contribution in [0.3, 0.4) is 0 Å². The number of nitrogens with zero attached hydrogens (tertiary/aromatic N) is 2. The summed E-state index contributed by atoms with van der Waals surface area (Å²) in [6.07, 6.45) is 3.87. The van der Waals surface area contributed by atoms with Gasteiger partial charge in [0.25, 0.3) is 0 Å². The van der Waals surface area contributed by atoms with E-state index in [-0.39, 0.29) is 5.75 Å². The third-order valence-electron chi connectivity index (χ3n) is 4.36. The van der Waals surface area contributed by atoms with Crippen molar-refractivity contribution in [1.82, 2.24) is 9.38 Å². The highest BCUT2D eigenvalue weighted by Crippen LogP contribution is 2.24. The Morgan fingerprint density at radius 3 is 2.68 bits per heavy atom. The second-order valence-electron chi connectivity index (χ2n) is 6.62. The van der Waals surface area contributed by atoms with Gasteiger partial charge in [0.05, 0.1) is 11.4 Å². The van der Waals surface area contributed by atoms with Gasteiger partial charge in [0.15, 0.2) is 0 Å². The predicted molar refractivity (Wildman–Crippen MR) is 113 cm³/mol. The van der Waals surface area contributed by atoms with Crippen LogP contribution in [-0.4, -0.2) is 17.8 Å². The molecule has 0 aliphatic carbocycles. The Balaban J connectivity index is 1.60. The number of pyridine rings is 1. The number of anilines is 1. The van der Waals surface area contributed by atoms with Crippen molar-refractivity contribution in [2.75, 3.05) is 4.72 Å². The Labute approximate surface area is 168 Å².